The molecule has 0 spiro atoms. The van der Waals surface area contributed by atoms with Gasteiger partial charge in [-0.25, -0.2) is 0 Å². The van der Waals surface area contributed by atoms with Gasteiger partial charge in [0.15, 0.2) is 0 Å². The van der Waals surface area contributed by atoms with Crippen LogP contribution in [-0.4, -0.2) is 31.9 Å². The summed E-state index contributed by atoms with van der Waals surface area (Å²) in [4.78, 5) is 34.4. The lowest BCUT2D eigenvalue weighted by molar-refractivity contribution is 0.322. The molecule has 0 atom stereocenters. The highest BCUT2D eigenvalue weighted by molar-refractivity contribution is 7.53. The Morgan fingerprint density at radius 1 is 0.923 bits per heavy atom. The first kappa shape index (κ1) is 13.3. The largest absolute Gasteiger partial charge is 0.326 e. The molecule has 0 aliphatic rings. The Morgan fingerprint density at radius 2 is 1.15 bits per heavy atom. The van der Waals surface area contributed by atoms with Gasteiger partial charge in [0.2, 0.25) is 0 Å². The predicted molar refractivity (Wildman–Crippen MR) is 47.6 cm³/mol. The number of rotatable bonds is 4. The second-order valence-corrected chi connectivity index (χ2v) is 7.10. The van der Waals surface area contributed by atoms with E-state index in [2.05, 4.69) is 0 Å². The van der Waals surface area contributed by atoms with Crippen molar-refractivity contribution in [2.45, 2.75) is 13.8 Å². The minimum atomic E-state index is -4.22. The van der Waals surface area contributed by atoms with Crippen LogP contribution in [0.4, 0.5) is 0 Å². The van der Waals surface area contributed by atoms with Gasteiger partial charge < -0.3 is 19.6 Å². The molecule has 0 rings (SSSR count). The molecule has 0 amide bonds. The van der Waals surface area contributed by atoms with Gasteiger partial charge in [0.25, 0.3) is 0 Å². The van der Waals surface area contributed by atoms with Crippen molar-refractivity contribution >= 4 is 15.2 Å². The Hall–Kier alpha value is 0.300. The Labute approximate surface area is 76.3 Å². The van der Waals surface area contributed by atoms with E-state index in [9.17, 15) is 9.13 Å². The van der Waals surface area contributed by atoms with E-state index >= 15 is 0 Å². The molecule has 0 radical (unpaired) electrons. The first-order valence-corrected chi connectivity index (χ1v) is 7.10. The van der Waals surface area contributed by atoms with Gasteiger partial charge in [0, 0.05) is 0 Å². The molecule has 0 bridgehead atoms. The molecular formula is C5H14O6P2. The summed E-state index contributed by atoms with van der Waals surface area (Å²) in [6.45, 7) is 2.82. The first-order chi connectivity index (χ1) is 5.41. The molecule has 0 aliphatic carbocycles. The number of hydrogen-bond donors (Lipinski definition) is 4. The van der Waals surface area contributed by atoms with Gasteiger partial charge in [-0.2, -0.15) is 0 Å². The smallest absolute Gasteiger partial charge is 0.324 e. The molecular weight excluding hydrogens is 218 g/mol. The maximum absolute atomic E-state index is 10.6. The van der Waals surface area contributed by atoms with Crippen LogP contribution in [0, 0.1) is 5.41 Å². The molecule has 0 aliphatic heterocycles. The molecule has 0 fully saturated rings. The molecule has 0 aromatic heterocycles. The number of hydrogen-bond acceptors (Lipinski definition) is 2. The van der Waals surface area contributed by atoms with Crippen LogP contribution in [0.25, 0.3) is 0 Å². The van der Waals surface area contributed by atoms with Gasteiger partial charge in [-0.1, -0.05) is 13.8 Å². The summed E-state index contributed by atoms with van der Waals surface area (Å²) in [5, 5.41) is 0. The molecule has 4 N–H and O–H groups in total. The Morgan fingerprint density at radius 3 is 1.31 bits per heavy atom. The van der Waals surface area contributed by atoms with E-state index in [0.29, 0.717) is 0 Å². The van der Waals surface area contributed by atoms with E-state index in [1.54, 1.807) is 0 Å². The highest BCUT2D eigenvalue weighted by atomic mass is 31.2. The maximum Gasteiger partial charge on any atom is 0.326 e. The normalized spacial score (nSPS) is 14.6. The lowest BCUT2D eigenvalue weighted by Gasteiger charge is -2.24. The summed E-state index contributed by atoms with van der Waals surface area (Å²) in [5.41, 5.74) is -1.06. The molecule has 80 valence electrons. The SMILES string of the molecule is CC(C)(CP(=O)(O)O)CP(=O)(O)O. The molecule has 13 heavy (non-hydrogen) atoms. The van der Waals surface area contributed by atoms with Crippen molar-refractivity contribution < 1.29 is 28.7 Å². The minimum Gasteiger partial charge on any atom is -0.324 e. The zero-order chi connectivity index (χ0) is 10.9. The van der Waals surface area contributed by atoms with Crippen molar-refractivity contribution in [2.24, 2.45) is 5.41 Å². The van der Waals surface area contributed by atoms with Gasteiger partial charge in [0.05, 0.1) is 12.3 Å². The van der Waals surface area contributed by atoms with E-state index in [1.807, 2.05) is 0 Å². The zero-order valence-electron chi connectivity index (χ0n) is 7.41. The van der Waals surface area contributed by atoms with E-state index in [4.69, 9.17) is 19.6 Å². The fourth-order valence-electron chi connectivity index (χ4n) is 1.17. The minimum absolute atomic E-state index is 0.523. The highest BCUT2D eigenvalue weighted by Crippen LogP contribution is 2.48. The molecule has 0 saturated heterocycles. The van der Waals surface area contributed by atoms with Crippen molar-refractivity contribution in [3.05, 3.63) is 0 Å². The molecule has 0 aromatic rings. The zero-order valence-corrected chi connectivity index (χ0v) is 9.20. The van der Waals surface area contributed by atoms with Crippen molar-refractivity contribution in [1.82, 2.24) is 0 Å². The van der Waals surface area contributed by atoms with Crippen LogP contribution in [0.1, 0.15) is 13.8 Å². The van der Waals surface area contributed by atoms with Gasteiger partial charge >= 0.3 is 15.2 Å². The van der Waals surface area contributed by atoms with Crippen LogP contribution < -0.4 is 0 Å². The van der Waals surface area contributed by atoms with E-state index in [1.165, 1.54) is 13.8 Å². The van der Waals surface area contributed by atoms with E-state index < -0.39 is 32.9 Å². The molecule has 6 nitrogen and oxygen atoms in total. The van der Waals surface area contributed by atoms with E-state index in [0.717, 1.165) is 0 Å². The average molecular weight is 232 g/mol. The molecule has 0 heterocycles. The lowest BCUT2D eigenvalue weighted by Crippen LogP contribution is -2.22. The summed E-state index contributed by atoms with van der Waals surface area (Å²) in [6, 6.07) is 0. The fraction of sp³-hybridized carbons (Fsp3) is 1.00. The van der Waals surface area contributed by atoms with Gasteiger partial charge in [0.1, 0.15) is 0 Å². The quantitative estimate of drug-likeness (QED) is 0.520. The Kier molecular flexibility index (Phi) is 3.90. The molecule has 8 heteroatoms. The van der Waals surface area contributed by atoms with Crippen LogP contribution in [-0.2, 0) is 9.13 Å². The van der Waals surface area contributed by atoms with Crippen LogP contribution in [0.15, 0.2) is 0 Å². The van der Waals surface area contributed by atoms with Crippen molar-refractivity contribution in [2.75, 3.05) is 12.3 Å². The van der Waals surface area contributed by atoms with Crippen LogP contribution in [0.3, 0.4) is 0 Å². The van der Waals surface area contributed by atoms with Crippen LogP contribution in [0.2, 0.25) is 0 Å². The third-order valence-corrected chi connectivity index (χ3v) is 3.80. The summed E-state index contributed by atoms with van der Waals surface area (Å²) in [5.74, 6) is 0. The maximum atomic E-state index is 10.6. The third kappa shape index (κ3) is 8.63. The summed E-state index contributed by atoms with van der Waals surface area (Å²) in [7, 11) is -8.43. The van der Waals surface area contributed by atoms with Crippen molar-refractivity contribution in [3.8, 4) is 0 Å². The van der Waals surface area contributed by atoms with Crippen LogP contribution in [0.5, 0.6) is 0 Å². The van der Waals surface area contributed by atoms with Crippen molar-refractivity contribution in [1.29, 1.82) is 0 Å². The first-order valence-electron chi connectivity index (χ1n) is 3.50. The van der Waals surface area contributed by atoms with Gasteiger partial charge in [-0.3, -0.25) is 9.13 Å². The third-order valence-electron chi connectivity index (χ3n) is 1.27. The second kappa shape index (κ2) is 3.81. The van der Waals surface area contributed by atoms with Crippen LogP contribution >= 0.6 is 15.2 Å². The average Bonchev–Trinajstić information content (AvgIpc) is 1.43. The highest BCUT2D eigenvalue weighted by Gasteiger charge is 2.34. The lowest BCUT2D eigenvalue weighted by atomic mass is 10.0. The van der Waals surface area contributed by atoms with Gasteiger partial charge in [-0.05, 0) is 5.41 Å². The summed E-state index contributed by atoms with van der Waals surface area (Å²) >= 11 is 0. The Bertz CT molecular complexity index is 234. The molecule has 0 unspecified atom stereocenters. The Balaban J connectivity index is 4.43. The fourth-order valence-corrected chi connectivity index (χ4v) is 3.80. The van der Waals surface area contributed by atoms with Gasteiger partial charge in [-0.15, -0.1) is 0 Å². The van der Waals surface area contributed by atoms with Crippen molar-refractivity contribution in [3.63, 3.8) is 0 Å². The molecule has 0 aromatic carbocycles. The standard InChI is InChI=1S/C5H14O6P2/c1-5(2,3-12(6,7)8)4-13(9,10)11/h3-4H2,1-2H3,(H2,6,7,8)(H2,9,10,11). The van der Waals surface area contributed by atoms with E-state index in [-0.39, 0.29) is 0 Å². The predicted octanol–water partition coefficient (Wildman–Crippen LogP) is 0.368. The monoisotopic (exact) mass is 232 g/mol. The summed E-state index contributed by atoms with van der Waals surface area (Å²) < 4.78 is 21.1. The second-order valence-electron chi connectivity index (χ2n) is 3.81. The topological polar surface area (TPSA) is 115 Å². The molecule has 0 saturated carbocycles. The summed E-state index contributed by atoms with van der Waals surface area (Å²) in [6.07, 6.45) is -1.05.